The lowest BCUT2D eigenvalue weighted by atomic mass is 9.80. The van der Waals surface area contributed by atoms with Gasteiger partial charge in [-0.3, -0.25) is 4.79 Å². The lowest BCUT2D eigenvalue weighted by Gasteiger charge is -2.22. The smallest absolute Gasteiger partial charge is 0.257 e. The summed E-state index contributed by atoms with van der Waals surface area (Å²) in [6, 6.07) is 3.79. The number of nitrogens with two attached hydrogens (primary N) is 1. The molecule has 0 spiro atoms. The summed E-state index contributed by atoms with van der Waals surface area (Å²) in [6.07, 6.45) is 3.27. The molecule has 1 aliphatic heterocycles. The Morgan fingerprint density at radius 3 is 2.67 bits per heavy atom. The monoisotopic (exact) mass is 288 g/mol. The number of carbonyl (C=O) groups is 1. The van der Waals surface area contributed by atoms with Crippen LogP contribution in [0.2, 0.25) is 0 Å². The van der Waals surface area contributed by atoms with Crippen molar-refractivity contribution < 1.29 is 4.79 Å². The third-order valence-corrected chi connectivity index (χ3v) is 3.63. The molecule has 1 aliphatic rings. The third-order valence-electron chi connectivity index (χ3n) is 3.63. The number of aryl methyl sites for hydroxylation is 1. The van der Waals surface area contributed by atoms with Crippen molar-refractivity contribution >= 4 is 17.4 Å². The normalized spacial score (nSPS) is 19.1. The number of nitrogens with zero attached hydrogens (tertiary/aromatic N) is 3. The number of carbonyl (C=O) groups excluding carboxylic acids is 1. The van der Waals surface area contributed by atoms with E-state index in [4.69, 9.17) is 5.73 Å². The third kappa shape index (κ3) is 3.29. The number of anilines is 1. The predicted octanol–water partition coefficient (Wildman–Crippen LogP) is 2.49. The van der Waals surface area contributed by atoms with Crippen molar-refractivity contribution in [2.75, 3.05) is 11.6 Å². The molecular weight excluding hydrogens is 264 g/mol. The Kier molecular flexibility index (Phi) is 4.42. The van der Waals surface area contributed by atoms with Crippen molar-refractivity contribution in [2.45, 2.75) is 40.5 Å². The van der Waals surface area contributed by atoms with Crippen molar-refractivity contribution in [2.24, 2.45) is 22.2 Å². The maximum atomic E-state index is 12.7. The zero-order valence-electron chi connectivity index (χ0n) is 13.3. The van der Waals surface area contributed by atoms with E-state index in [1.807, 2.05) is 19.1 Å². The van der Waals surface area contributed by atoms with Gasteiger partial charge in [0.1, 0.15) is 0 Å². The minimum absolute atomic E-state index is 0.00600. The van der Waals surface area contributed by atoms with Gasteiger partial charge in [0.25, 0.3) is 5.91 Å². The molecular formula is C16H24N4O. The highest BCUT2D eigenvalue weighted by molar-refractivity contribution is 6.16. The van der Waals surface area contributed by atoms with E-state index < -0.39 is 0 Å². The number of hydrogen-bond donors (Lipinski definition) is 1. The lowest BCUT2D eigenvalue weighted by molar-refractivity contribution is -0.120. The van der Waals surface area contributed by atoms with Crippen molar-refractivity contribution in [1.29, 1.82) is 0 Å². The maximum Gasteiger partial charge on any atom is 0.257 e. The van der Waals surface area contributed by atoms with Gasteiger partial charge in [0.2, 0.25) is 0 Å². The van der Waals surface area contributed by atoms with Crippen molar-refractivity contribution in [3.8, 4) is 0 Å². The quantitative estimate of drug-likeness (QED) is 0.925. The molecule has 0 aromatic carbocycles. The second kappa shape index (κ2) is 5.93. The van der Waals surface area contributed by atoms with E-state index in [2.05, 4.69) is 30.9 Å². The van der Waals surface area contributed by atoms with Crippen LogP contribution >= 0.6 is 0 Å². The van der Waals surface area contributed by atoms with Gasteiger partial charge in [0.15, 0.2) is 5.82 Å². The second-order valence-electron chi connectivity index (χ2n) is 6.56. The molecule has 1 aromatic rings. The van der Waals surface area contributed by atoms with Gasteiger partial charge in [0, 0.05) is 11.6 Å². The van der Waals surface area contributed by atoms with Crippen LogP contribution in [-0.4, -0.2) is 23.1 Å². The molecule has 0 saturated heterocycles. The standard InChI is InChI=1S/C16H24N4O/c1-11-7-9-18-13(10-11)20-15(21)12(6-5-8-17)14(19-20)16(2,3)4/h7,9-10,12H,5-6,8,17H2,1-4H3. The number of hydrazone groups is 1. The van der Waals surface area contributed by atoms with Gasteiger partial charge in [0.05, 0.1) is 11.6 Å². The highest BCUT2D eigenvalue weighted by atomic mass is 16.2. The fourth-order valence-corrected chi connectivity index (χ4v) is 2.55. The molecule has 0 aliphatic carbocycles. The van der Waals surface area contributed by atoms with Gasteiger partial charge in [-0.15, -0.1) is 0 Å². The van der Waals surface area contributed by atoms with E-state index in [9.17, 15) is 4.79 Å². The summed E-state index contributed by atoms with van der Waals surface area (Å²) in [4.78, 5) is 17.0. The molecule has 114 valence electrons. The van der Waals surface area contributed by atoms with Crippen LogP contribution in [-0.2, 0) is 4.79 Å². The van der Waals surface area contributed by atoms with Crippen LogP contribution in [0.1, 0.15) is 39.2 Å². The van der Waals surface area contributed by atoms with Crippen molar-refractivity contribution in [3.63, 3.8) is 0 Å². The Balaban J connectivity index is 2.36. The summed E-state index contributed by atoms with van der Waals surface area (Å²) in [5, 5.41) is 6.04. The minimum Gasteiger partial charge on any atom is -0.330 e. The molecule has 0 radical (unpaired) electrons. The molecule has 21 heavy (non-hydrogen) atoms. The predicted molar refractivity (Wildman–Crippen MR) is 85.1 cm³/mol. The van der Waals surface area contributed by atoms with E-state index in [-0.39, 0.29) is 17.2 Å². The zero-order valence-corrected chi connectivity index (χ0v) is 13.3. The van der Waals surface area contributed by atoms with Gasteiger partial charge in [-0.2, -0.15) is 10.1 Å². The van der Waals surface area contributed by atoms with Gasteiger partial charge in [-0.05, 0) is 44.0 Å². The first kappa shape index (κ1) is 15.6. The molecule has 5 heteroatoms. The van der Waals surface area contributed by atoms with Gasteiger partial charge in [-0.1, -0.05) is 20.8 Å². The summed E-state index contributed by atoms with van der Waals surface area (Å²) in [5.41, 5.74) is 7.43. The van der Waals surface area contributed by atoms with Crippen LogP contribution in [0.25, 0.3) is 0 Å². The highest BCUT2D eigenvalue weighted by Crippen LogP contribution is 2.33. The van der Waals surface area contributed by atoms with Crippen LogP contribution in [0.3, 0.4) is 0 Å². The molecule has 1 aromatic heterocycles. The first-order valence-corrected chi connectivity index (χ1v) is 7.40. The Bertz CT molecular complexity index is 560. The number of aromatic nitrogens is 1. The lowest BCUT2D eigenvalue weighted by Crippen LogP contribution is -2.32. The fraction of sp³-hybridized carbons (Fsp3) is 0.562. The van der Waals surface area contributed by atoms with Crippen LogP contribution in [0.15, 0.2) is 23.4 Å². The first-order valence-electron chi connectivity index (χ1n) is 7.40. The summed E-state index contributed by atoms with van der Waals surface area (Å²) in [5.74, 6) is 0.416. The largest absolute Gasteiger partial charge is 0.330 e. The topological polar surface area (TPSA) is 71.6 Å². The maximum absolute atomic E-state index is 12.7. The van der Waals surface area contributed by atoms with E-state index >= 15 is 0 Å². The number of rotatable bonds is 4. The molecule has 2 heterocycles. The van der Waals surface area contributed by atoms with Gasteiger partial charge in [-0.25, -0.2) is 4.98 Å². The van der Waals surface area contributed by atoms with Crippen LogP contribution in [0, 0.1) is 18.3 Å². The molecule has 0 saturated carbocycles. The summed E-state index contributed by atoms with van der Waals surface area (Å²) in [7, 11) is 0. The SMILES string of the molecule is Cc1ccnc(N2N=C(C(C)(C)C)C(CCCN)C2=O)c1. The van der Waals surface area contributed by atoms with Crippen LogP contribution in [0.5, 0.6) is 0 Å². The Hall–Kier alpha value is -1.75. The first-order chi connectivity index (χ1) is 9.84. The minimum atomic E-state index is -0.184. The summed E-state index contributed by atoms with van der Waals surface area (Å²) < 4.78 is 0. The molecule has 0 bridgehead atoms. The number of pyridine rings is 1. The Labute approximate surface area is 126 Å². The van der Waals surface area contributed by atoms with Crippen LogP contribution in [0.4, 0.5) is 5.82 Å². The Morgan fingerprint density at radius 1 is 1.38 bits per heavy atom. The molecule has 1 atom stereocenters. The summed E-state index contributed by atoms with van der Waals surface area (Å²) in [6.45, 7) is 8.82. The molecule has 2 rings (SSSR count). The van der Waals surface area contributed by atoms with Crippen LogP contribution < -0.4 is 10.7 Å². The highest BCUT2D eigenvalue weighted by Gasteiger charge is 2.41. The second-order valence-corrected chi connectivity index (χ2v) is 6.56. The molecule has 1 unspecified atom stereocenters. The van der Waals surface area contributed by atoms with Crippen molar-refractivity contribution in [3.05, 3.63) is 23.9 Å². The zero-order chi connectivity index (χ0) is 15.6. The molecule has 1 amide bonds. The number of amides is 1. The molecule has 0 fully saturated rings. The van der Waals surface area contributed by atoms with E-state index in [0.29, 0.717) is 12.4 Å². The fourth-order valence-electron chi connectivity index (χ4n) is 2.55. The van der Waals surface area contributed by atoms with Crippen molar-refractivity contribution in [1.82, 2.24) is 4.98 Å². The molecule has 2 N–H and O–H groups in total. The van der Waals surface area contributed by atoms with E-state index in [0.717, 1.165) is 24.1 Å². The summed E-state index contributed by atoms with van der Waals surface area (Å²) >= 11 is 0. The average Bonchev–Trinajstić information content (AvgIpc) is 2.73. The van der Waals surface area contributed by atoms with Gasteiger partial charge >= 0.3 is 0 Å². The van der Waals surface area contributed by atoms with Gasteiger partial charge < -0.3 is 5.73 Å². The van der Waals surface area contributed by atoms with E-state index in [1.165, 1.54) is 5.01 Å². The average molecular weight is 288 g/mol. The Morgan fingerprint density at radius 2 is 2.10 bits per heavy atom. The van der Waals surface area contributed by atoms with E-state index in [1.54, 1.807) is 6.20 Å². The molecule has 5 nitrogen and oxygen atoms in total. The number of hydrogen-bond acceptors (Lipinski definition) is 4.